The number of benzene rings is 1. The van der Waals surface area contributed by atoms with Crippen LogP contribution in [-0.4, -0.2) is 28.6 Å². The molecular formula is C13H11F3N4O. The Kier molecular flexibility index (Phi) is 4.23. The van der Waals surface area contributed by atoms with Gasteiger partial charge in [-0.05, 0) is 19.2 Å². The summed E-state index contributed by atoms with van der Waals surface area (Å²) in [4.78, 5) is 5.76. The van der Waals surface area contributed by atoms with Gasteiger partial charge >= 0.3 is 6.18 Å². The van der Waals surface area contributed by atoms with Crippen molar-refractivity contribution >= 4 is 0 Å². The molecule has 0 bridgehead atoms. The second kappa shape index (κ2) is 5.93. The molecular weight excluding hydrogens is 285 g/mol. The third-order valence-corrected chi connectivity index (χ3v) is 2.68. The summed E-state index contributed by atoms with van der Waals surface area (Å²) in [5.41, 5.74) is -0.301. The second-order valence-electron chi connectivity index (χ2n) is 4.42. The van der Waals surface area contributed by atoms with E-state index in [1.165, 1.54) is 12.1 Å². The summed E-state index contributed by atoms with van der Waals surface area (Å²) in [6.07, 6.45) is -4.37. The number of nitrogens with zero attached hydrogens (tertiary/aromatic N) is 4. The highest BCUT2D eigenvalue weighted by Gasteiger charge is 2.30. The zero-order valence-electron chi connectivity index (χ0n) is 11.1. The number of alkyl halides is 3. The molecule has 1 aromatic carbocycles. The Balaban J connectivity index is 2.13. The number of rotatable bonds is 4. The molecule has 0 aliphatic rings. The van der Waals surface area contributed by atoms with Gasteiger partial charge in [-0.25, -0.2) is 0 Å². The zero-order valence-corrected chi connectivity index (χ0v) is 11.1. The smallest absolute Gasteiger partial charge is 0.338 e. The van der Waals surface area contributed by atoms with E-state index in [2.05, 4.69) is 10.1 Å². The molecule has 1 aromatic heterocycles. The van der Waals surface area contributed by atoms with Gasteiger partial charge in [-0.15, -0.1) is 0 Å². The average Bonchev–Trinajstić information content (AvgIpc) is 2.86. The van der Waals surface area contributed by atoms with Crippen molar-refractivity contribution in [3.8, 4) is 17.5 Å². The average molecular weight is 296 g/mol. The lowest BCUT2D eigenvalue weighted by molar-refractivity contribution is -0.137. The lowest BCUT2D eigenvalue weighted by Gasteiger charge is -2.07. The van der Waals surface area contributed by atoms with Crippen LogP contribution in [0, 0.1) is 11.3 Å². The molecule has 0 radical (unpaired) electrons. The molecule has 0 unspecified atom stereocenters. The van der Waals surface area contributed by atoms with Crippen LogP contribution in [0.1, 0.15) is 11.5 Å². The number of nitriles is 1. The quantitative estimate of drug-likeness (QED) is 0.812. The molecule has 0 spiro atoms. The molecule has 8 heteroatoms. The Morgan fingerprint density at radius 2 is 1.95 bits per heavy atom. The Morgan fingerprint density at radius 3 is 2.52 bits per heavy atom. The van der Waals surface area contributed by atoms with Crippen LogP contribution in [0.4, 0.5) is 13.2 Å². The zero-order chi connectivity index (χ0) is 15.5. The maximum Gasteiger partial charge on any atom is 0.416 e. The first kappa shape index (κ1) is 15.0. The van der Waals surface area contributed by atoms with E-state index in [9.17, 15) is 13.2 Å². The van der Waals surface area contributed by atoms with Crippen molar-refractivity contribution in [1.82, 2.24) is 15.0 Å². The van der Waals surface area contributed by atoms with Crippen LogP contribution < -0.4 is 0 Å². The Labute approximate surface area is 118 Å². The maximum absolute atomic E-state index is 12.5. The highest BCUT2D eigenvalue weighted by Crippen LogP contribution is 2.30. The van der Waals surface area contributed by atoms with Crippen molar-refractivity contribution in [2.24, 2.45) is 0 Å². The van der Waals surface area contributed by atoms with Crippen molar-refractivity contribution < 1.29 is 17.7 Å². The molecule has 0 fully saturated rings. The molecule has 0 atom stereocenters. The van der Waals surface area contributed by atoms with Crippen LogP contribution >= 0.6 is 0 Å². The molecule has 0 N–H and O–H groups in total. The minimum absolute atomic E-state index is 0.206. The minimum Gasteiger partial charge on any atom is -0.338 e. The van der Waals surface area contributed by atoms with E-state index in [4.69, 9.17) is 9.78 Å². The van der Waals surface area contributed by atoms with Gasteiger partial charge in [-0.3, -0.25) is 4.90 Å². The Morgan fingerprint density at radius 1 is 1.29 bits per heavy atom. The molecule has 0 saturated carbocycles. The topological polar surface area (TPSA) is 66.0 Å². The van der Waals surface area contributed by atoms with Crippen LogP contribution in [0.5, 0.6) is 0 Å². The minimum atomic E-state index is -4.37. The van der Waals surface area contributed by atoms with Gasteiger partial charge in [0.05, 0.1) is 24.7 Å². The van der Waals surface area contributed by atoms with Crippen LogP contribution in [0.15, 0.2) is 28.8 Å². The van der Waals surface area contributed by atoms with Gasteiger partial charge in [-0.2, -0.15) is 23.4 Å². The van der Waals surface area contributed by atoms with Gasteiger partial charge in [0.25, 0.3) is 0 Å². The second-order valence-corrected chi connectivity index (χ2v) is 4.42. The monoisotopic (exact) mass is 296 g/mol. The Bertz CT molecular complexity index is 643. The molecule has 0 aliphatic heterocycles. The van der Waals surface area contributed by atoms with E-state index in [1.54, 1.807) is 11.9 Å². The van der Waals surface area contributed by atoms with E-state index in [0.717, 1.165) is 12.1 Å². The van der Waals surface area contributed by atoms with Crippen molar-refractivity contribution in [2.45, 2.75) is 12.7 Å². The molecule has 21 heavy (non-hydrogen) atoms. The molecule has 2 aromatic rings. The summed E-state index contributed by atoms with van der Waals surface area (Å²) < 4.78 is 42.4. The summed E-state index contributed by atoms with van der Waals surface area (Å²) in [6.45, 7) is 0.499. The summed E-state index contributed by atoms with van der Waals surface area (Å²) in [5.74, 6) is 0.506. The first-order chi connectivity index (χ1) is 9.90. The van der Waals surface area contributed by atoms with Crippen molar-refractivity contribution in [3.05, 3.63) is 35.7 Å². The predicted octanol–water partition coefficient (Wildman–Crippen LogP) is 2.71. The maximum atomic E-state index is 12.5. The van der Waals surface area contributed by atoms with Crippen LogP contribution in [0.3, 0.4) is 0 Å². The fraction of sp³-hybridized carbons (Fsp3) is 0.308. The van der Waals surface area contributed by atoms with Crippen LogP contribution in [-0.2, 0) is 12.7 Å². The standard InChI is InChI=1S/C13H11F3N4O/c1-20(7-6-17)8-11-18-12(19-21-11)9-2-4-10(5-3-9)13(14,15)16/h2-5H,7-8H2,1H3. The molecule has 0 aliphatic carbocycles. The normalized spacial score (nSPS) is 11.6. The molecule has 1 heterocycles. The van der Waals surface area contributed by atoms with Crippen molar-refractivity contribution in [1.29, 1.82) is 5.26 Å². The largest absolute Gasteiger partial charge is 0.416 e. The molecule has 2 rings (SSSR count). The number of hydrogen-bond donors (Lipinski definition) is 0. The molecule has 5 nitrogen and oxygen atoms in total. The van der Waals surface area contributed by atoms with E-state index in [0.29, 0.717) is 18.0 Å². The SMILES string of the molecule is CN(CC#N)Cc1nc(-c2ccc(C(F)(F)F)cc2)no1. The first-order valence-electron chi connectivity index (χ1n) is 5.96. The molecule has 0 saturated heterocycles. The van der Waals surface area contributed by atoms with E-state index in [1.807, 2.05) is 6.07 Å². The fourth-order valence-corrected chi connectivity index (χ4v) is 1.65. The third kappa shape index (κ3) is 3.79. The highest BCUT2D eigenvalue weighted by atomic mass is 19.4. The molecule has 0 amide bonds. The van der Waals surface area contributed by atoms with Gasteiger partial charge in [0.2, 0.25) is 11.7 Å². The van der Waals surface area contributed by atoms with Crippen molar-refractivity contribution in [3.63, 3.8) is 0 Å². The number of halogens is 3. The lowest BCUT2D eigenvalue weighted by Crippen LogP contribution is -2.17. The van der Waals surface area contributed by atoms with E-state index in [-0.39, 0.29) is 12.4 Å². The summed E-state index contributed by atoms with van der Waals surface area (Å²) in [5, 5.41) is 12.3. The van der Waals surface area contributed by atoms with Gasteiger partial charge in [0.15, 0.2) is 0 Å². The van der Waals surface area contributed by atoms with Gasteiger partial charge in [0.1, 0.15) is 0 Å². The van der Waals surface area contributed by atoms with Gasteiger partial charge < -0.3 is 4.52 Å². The molecule has 110 valence electrons. The first-order valence-corrected chi connectivity index (χ1v) is 5.96. The fourth-order valence-electron chi connectivity index (χ4n) is 1.65. The number of hydrogen-bond acceptors (Lipinski definition) is 5. The van der Waals surface area contributed by atoms with Crippen molar-refractivity contribution in [2.75, 3.05) is 13.6 Å². The van der Waals surface area contributed by atoms with Crippen LogP contribution in [0.2, 0.25) is 0 Å². The summed E-state index contributed by atoms with van der Waals surface area (Å²) in [6, 6.07) is 6.48. The lowest BCUT2D eigenvalue weighted by atomic mass is 10.1. The van der Waals surface area contributed by atoms with E-state index >= 15 is 0 Å². The predicted molar refractivity (Wildman–Crippen MR) is 66.7 cm³/mol. The highest BCUT2D eigenvalue weighted by molar-refractivity contribution is 5.54. The number of aromatic nitrogens is 2. The van der Waals surface area contributed by atoms with Crippen LogP contribution in [0.25, 0.3) is 11.4 Å². The van der Waals surface area contributed by atoms with Gasteiger partial charge in [0, 0.05) is 5.56 Å². The summed E-state index contributed by atoms with van der Waals surface area (Å²) in [7, 11) is 1.71. The third-order valence-electron chi connectivity index (χ3n) is 2.68. The van der Waals surface area contributed by atoms with Gasteiger partial charge in [-0.1, -0.05) is 17.3 Å². The summed E-state index contributed by atoms with van der Waals surface area (Å²) >= 11 is 0. The Hall–Kier alpha value is -2.40. The van der Waals surface area contributed by atoms with E-state index < -0.39 is 11.7 Å².